The van der Waals surface area contributed by atoms with Crippen LogP contribution >= 0.6 is 0 Å². The van der Waals surface area contributed by atoms with Gasteiger partial charge in [-0.2, -0.15) is 0 Å². The minimum Gasteiger partial charge on any atom is -0.379 e. The molecule has 1 rings (SSSR count). The molecule has 0 aliphatic carbocycles. The Balaban J connectivity index is 2.00. The summed E-state index contributed by atoms with van der Waals surface area (Å²) in [6.07, 6.45) is 0.0275. The van der Waals surface area contributed by atoms with E-state index in [0.717, 1.165) is 39.3 Å². The molecule has 0 saturated carbocycles. The molecule has 0 spiro atoms. The van der Waals surface area contributed by atoms with Crippen LogP contribution in [0.4, 0.5) is 0 Å². The van der Waals surface area contributed by atoms with E-state index in [-0.39, 0.29) is 5.91 Å². The molecule has 1 amide bonds. The second kappa shape index (κ2) is 7.56. The fourth-order valence-corrected chi connectivity index (χ4v) is 1.54. The topological polar surface area (TPSA) is 76.8 Å². The minimum absolute atomic E-state index is 0.286. The third-order valence-corrected chi connectivity index (χ3v) is 2.52. The van der Waals surface area contributed by atoms with Gasteiger partial charge >= 0.3 is 0 Å². The van der Waals surface area contributed by atoms with Gasteiger partial charge in [-0.3, -0.25) is 15.4 Å². The molecule has 0 bridgehead atoms. The van der Waals surface area contributed by atoms with Crippen LogP contribution in [0, 0.1) is 0 Å². The first-order valence-electron chi connectivity index (χ1n) is 5.63. The first-order valence-corrected chi connectivity index (χ1v) is 5.63. The normalized spacial score (nSPS) is 19.4. The Bertz CT molecular complexity index is 207. The van der Waals surface area contributed by atoms with Gasteiger partial charge in [0.25, 0.3) is 5.91 Å². The van der Waals surface area contributed by atoms with Crippen LogP contribution in [0.5, 0.6) is 0 Å². The lowest BCUT2D eigenvalue weighted by Crippen LogP contribution is -2.41. The first kappa shape index (κ1) is 13.4. The zero-order valence-corrected chi connectivity index (χ0v) is 9.78. The Morgan fingerprint density at radius 3 is 2.88 bits per heavy atom. The standard InChI is InChI=1S/C10H21N3O3/c1-12-10(14)9(11)16-6-2-3-13-4-7-15-8-5-13/h9H,2-8,11H2,1H3,(H,12,14). The molecule has 3 N–H and O–H groups in total. The molecule has 6 nitrogen and oxygen atoms in total. The van der Waals surface area contributed by atoms with E-state index in [1.165, 1.54) is 0 Å². The summed E-state index contributed by atoms with van der Waals surface area (Å²) in [7, 11) is 1.54. The Kier molecular flexibility index (Phi) is 6.32. The molecule has 1 atom stereocenters. The number of hydrogen-bond acceptors (Lipinski definition) is 5. The first-order chi connectivity index (χ1) is 7.74. The second-order valence-electron chi connectivity index (χ2n) is 3.71. The fraction of sp³-hybridized carbons (Fsp3) is 0.900. The van der Waals surface area contributed by atoms with E-state index in [0.29, 0.717) is 6.61 Å². The van der Waals surface area contributed by atoms with Crippen molar-refractivity contribution in [1.29, 1.82) is 0 Å². The number of amides is 1. The van der Waals surface area contributed by atoms with Gasteiger partial charge in [0.1, 0.15) is 0 Å². The summed E-state index contributed by atoms with van der Waals surface area (Å²) in [5.74, 6) is -0.286. The number of carbonyl (C=O) groups is 1. The van der Waals surface area contributed by atoms with Gasteiger partial charge in [0.15, 0.2) is 6.23 Å². The molecular formula is C10H21N3O3. The number of rotatable bonds is 6. The number of hydrogen-bond donors (Lipinski definition) is 2. The largest absolute Gasteiger partial charge is 0.379 e. The van der Waals surface area contributed by atoms with Crippen LogP contribution in [0.2, 0.25) is 0 Å². The smallest absolute Gasteiger partial charge is 0.263 e. The quantitative estimate of drug-likeness (QED) is 0.441. The third-order valence-electron chi connectivity index (χ3n) is 2.52. The molecule has 0 radical (unpaired) electrons. The highest BCUT2D eigenvalue weighted by molar-refractivity contribution is 5.79. The van der Waals surface area contributed by atoms with Gasteiger partial charge in [0, 0.05) is 26.7 Å². The van der Waals surface area contributed by atoms with E-state index >= 15 is 0 Å². The number of ether oxygens (including phenoxy) is 2. The maximum Gasteiger partial charge on any atom is 0.263 e. The van der Waals surface area contributed by atoms with Crippen molar-refractivity contribution in [3.8, 4) is 0 Å². The van der Waals surface area contributed by atoms with Crippen LogP contribution in [0.25, 0.3) is 0 Å². The lowest BCUT2D eigenvalue weighted by Gasteiger charge is -2.26. The van der Waals surface area contributed by atoms with Crippen molar-refractivity contribution in [2.45, 2.75) is 12.6 Å². The van der Waals surface area contributed by atoms with Gasteiger partial charge in [-0.1, -0.05) is 0 Å². The Morgan fingerprint density at radius 2 is 2.25 bits per heavy atom. The fourth-order valence-electron chi connectivity index (χ4n) is 1.54. The monoisotopic (exact) mass is 231 g/mol. The summed E-state index contributed by atoms with van der Waals surface area (Å²) >= 11 is 0. The van der Waals surface area contributed by atoms with E-state index in [1.807, 2.05) is 0 Å². The number of likely N-dealkylation sites (N-methyl/N-ethyl adjacent to an activating group) is 1. The van der Waals surface area contributed by atoms with E-state index in [9.17, 15) is 4.79 Å². The van der Waals surface area contributed by atoms with Crippen molar-refractivity contribution in [3.63, 3.8) is 0 Å². The van der Waals surface area contributed by atoms with Crippen LogP contribution in [0.15, 0.2) is 0 Å². The SMILES string of the molecule is CNC(=O)C(N)OCCCN1CCOCC1. The van der Waals surface area contributed by atoms with Gasteiger partial charge in [-0.15, -0.1) is 0 Å². The van der Waals surface area contributed by atoms with Gasteiger partial charge in [-0.25, -0.2) is 0 Å². The molecule has 1 heterocycles. The van der Waals surface area contributed by atoms with E-state index in [1.54, 1.807) is 7.05 Å². The average Bonchev–Trinajstić information content (AvgIpc) is 2.34. The number of carbonyl (C=O) groups excluding carboxylic acids is 1. The Hall–Kier alpha value is -0.690. The predicted octanol–water partition coefficient (Wildman–Crippen LogP) is -1.24. The van der Waals surface area contributed by atoms with Crippen molar-refractivity contribution < 1.29 is 14.3 Å². The zero-order chi connectivity index (χ0) is 11.8. The number of nitrogens with zero attached hydrogens (tertiary/aromatic N) is 1. The van der Waals surface area contributed by atoms with Crippen molar-refractivity contribution in [2.75, 3.05) is 46.5 Å². The van der Waals surface area contributed by atoms with Crippen LogP contribution in [0.3, 0.4) is 0 Å². The summed E-state index contributed by atoms with van der Waals surface area (Å²) in [4.78, 5) is 13.3. The van der Waals surface area contributed by atoms with Gasteiger partial charge in [-0.05, 0) is 6.42 Å². The molecule has 1 unspecified atom stereocenters. The highest BCUT2D eigenvalue weighted by Gasteiger charge is 2.12. The maximum atomic E-state index is 11.0. The summed E-state index contributed by atoms with van der Waals surface area (Å²) < 4.78 is 10.4. The average molecular weight is 231 g/mol. The summed E-state index contributed by atoms with van der Waals surface area (Å²) in [5, 5.41) is 2.44. The summed E-state index contributed by atoms with van der Waals surface area (Å²) in [6, 6.07) is 0. The maximum absolute atomic E-state index is 11.0. The molecule has 1 fully saturated rings. The molecule has 1 aliphatic rings. The summed E-state index contributed by atoms with van der Waals surface area (Å²) in [5.41, 5.74) is 5.48. The molecule has 1 aliphatic heterocycles. The van der Waals surface area contributed by atoms with Gasteiger partial charge in [0.05, 0.1) is 19.8 Å². The third kappa shape index (κ3) is 4.89. The van der Waals surface area contributed by atoms with Crippen LogP contribution < -0.4 is 11.1 Å². The van der Waals surface area contributed by atoms with E-state index in [2.05, 4.69) is 10.2 Å². The van der Waals surface area contributed by atoms with E-state index < -0.39 is 6.23 Å². The van der Waals surface area contributed by atoms with E-state index in [4.69, 9.17) is 15.2 Å². The lowest BCUT2D eigenvalue weighted by atomic mass is 10.3. The molecule has 94 valence electrons. The lowest BCUT2D eigenvalue weighted by molar-refractivity contribution is -0.132. The molecule has 0 aromatic heterocycles. The van der Waals surface area contributed by atoms with Crippen LogP contribution in [-0.4, -0.2) is 63.5 Å². The van der Waals surface area contributed by atoms with Gasteiger partial charge in [0.2, 0.25) is 0 Å². The van der Waals surface area contributed by atoms with Crippen molar-refractivity contribution >= 4 is 5.91 Å². The van der Waals surface area contributed by atoms with Crippen LogP contribution in [0.1, 0.15) is 6.42 Å². The van der Waals surface area contributed by atoms with Crippen molar-refractivity contribution in [3.05, 3.63) is 0 Å². The second-order valence-corrected chi connectivity index (χ2v) is 3.71. The predicted molar refractivity (Wildman–Crippen MR) is 59.9 cm³/mol. The van der Waals surface area contributed by atoms with Gasteiger partial charge < -0.3 is 14.8 Å². The highest BCUT2D eigenvalue weighted by atomic mass is 16.5. The number of nitrogens with one attached hydrogen (secondary N) is 1. The van der Waals surface area contributed by atoms with Crippen molar-refractivity contribution in [2.24, 2.45) is 5.73 Å². The van der Waals surface area contributed by atoms with Crippen LogP contribution in [-0.2, 0) is 14.3 Å². The Labute approximate surface area is 96.1 Å². The van der Waals surface area contributed by atoms with Crippen molar-refractivity contribution in [1.82, 2.24) is 10.2 Å². The molecule has 0 aromatic rings. The Morgan fingerprint density at radius 1 is 1.56 bits per heavy atom. The molecular weight excluding hydrogens is 210 g/mol. The zero-order valence-electron chi connectivity index (χ0n) is 9.78. The molecule has 0 aromatic carbocycles. The minimum atomic E-state index is -0.852. The molecule has 16 heavy (non-hydrogen) atoms. The number of nitrogens with two attached hydrogens (primary N) is 1. The highest BCUT2D eigenvalue weighted by Crippen LogP contribution is 1.98. The number of morpholine rings is 1. The molecule has 1 saturated heterocycles. The summed E-state index contributed by atoms with van der Waals surface area (Å²) in [6.45, 7) is 5.02. The molecule has 6 heteroatoms.